The molecule has 108 valence electrons. The summed E-state index contributed by atoms with van der Waals surface area (Å²) in [4.78, 5) is 8.80. The zero-order chi connectivity index (χ0) is 14.8. The molecule has 0 aliphatic carbocycles. The molecule has 21 heavy (non-hydrogen) atoms. The Kier molecular flexibility index (Phi) is 3.84. The first-order valence-corrected chi connectivity index (χ1v) is 7.35. The predicted molar refractivity (Wildman–Crippen MR) is 86.3 cm³/mol. The standard InChI is InChI=1S/C18H20N2O/c1-4-20-18-6-5-14(7-12(18)2)16-9-19-8-15-13(3)10-21-11-17(15)16/h4-9,13H,10-11H2,1-3H3. The second kappa shape index (κ2) is 5.78. The average Bonchev–Trinajstić information content (AvgIpc) is 2.49. The summed E-state index contributed by atoms with van der Waals surface area (Å²) in [5.41, 5.74) is 7.14. The number of pyridine rings is 1. The maximum atomic E-state index is 5.71. The number of hydrogen-bond donors (Lipinski definition) is 0. The van der Waals surface area contributed by atoms with Gasteiger partial charge in [0.2, 0.25) is 0 Å². The maximum Gasteiger partial charge on any atom is 0.0727 e. The molecule has 0 saturated carbocycles. The molecule has 2 aromatic rings. The van der Waals surface area contributed by atoms with Crippen molar-refractivity contribution in [2.24, 2.45) is 4.99 Å². The quantitative estimate of drug-likeness (QED) is 0.763. The highest BCUT2D eigenvalue weighted by Crippen LogP contribution is 2.34. The third-order valence-corrected chi connectivity index (χ3v) is 4.01. The number of aryl methyl sites for hydroxylation is 1. The summed E-state index contributed by atoms with van der Waals surface area (Å²) in [5.74, 6) is 0.409. The number of hydrogen-bond acceptors (Lipinski definition) is 3. The van der Waals surface area contributed by atoms with Crippen LogP contribution in [0.1, 0.15) is 36.5 Å². The first-order valence-electron chi connectivity index (χ1n) is 7.35. The topological polar surface area (TPSA) is 34.5 Å². The second-order valence-electron chi connectivity index (χ2n) is 5.56. The first-order chi connectivity index (χ1) is 10.2. The van der Waals surface area contributed by atoms with E-state index < -0.39 is 0 Å². The fourth-order valence-corrected chi connectivity index (χ4v) is 2.87. The van der Waals surface area contributed by atoms with Crippen molar-refractivity contribution < 1.29 is 4.74 Å². The summed E-state index contributed by atoms with van der Waals surface area (Å²) in [5, 5.41) is 0. The molecule has 1 aromatic heterocycles. The summed E-state index contributed by atoms with van der Waals surface area (Å²) < 4.78 is 5.71. The van der Waals surface area contributed by atoms with Gasteiger partial charge in [0.15, 0.2) is 0 Å². The normalized spacial score (nSPS) is 18.0. The lowest BCUT2D eigenvalue weighted by atomic mass is 9.90. The van der Waals surface area contributed by atoms with Crippen molar-refractivity contribution in [2.45, 2.75) is 33.3 Å². The van der Waals surface area contributed by atoms with Crippen LogP contribution in [0.2, 0.25) is 0 Å². The summed E-state index contributed by atoms with van der Waals surface area (Å²) in [6.07, 6.45) is 5.75. The van der Waals surface area contributed by atoms with Crippen LogP contribution >= 0.6 is 0 Å². The molecule has 1 aliphatic rings. The van der Waals surface area contributed by atoms with Crippen LogP contribution < -0.4 is 0 Å². The van der Waals surface area contributed by atoms with E-state index in [2.05, 4.69) is 42.0 Å². The smallest absolute Gasteiger partial charge is 0.0727 e. The van der Waals surface area contributed by atoms with Crippen molar-refractivity contribution in [3.05, 3.63) is 47.3 Å². The van der Waals surface area contributed by atoms with Crippen LogP contribution in [-0.4, -0.2) is 17.8 Å². The van der Waals surface area contributed by atoms with E-state index in [1.165, 1.54) is 27.8 Å². The highest BCUT2D eigenvalue weighted by molar-refractivity contribution is 5.72. The van der Waals surface area contributed by atoms with Crippen LogP contribution in [0.3, 0.4) is 0 Å². The molecule has 1 unspecified atom stereocenters. The van der Waals surface area contributed by atoms with E-state index in [1.807, 2.05) is 25.5 Å². The van der Waals surface area contributed by atoms with Gasteiger partial charge in [-0.2, -0.15) is 0 Å². The Hall–Kier alpha value is -2.00. The number of aliphatic imine (C=N–C) groups is 1. The Morgan fingerprint density at radius 2 is 2.19 bits per heavy atom. The minimum absolute atomic E-state index is 0.409. The van der Waals surface area contributed by atoms with Gasteiger partial charge in [0.05, 0.1) is 18.9 Å². The SMILES string of the molecule is CC=Nc1ccc(-c2cncc3c2COCC3C)cc1C. The van der Waals surface area contributed by atoms with Gasteiger partial charge in [0.25, 0.3) is 0 Å². The summed E-state index contributed by atoms with van der Waals surface area (Å²) in [6.45, 7) is 7.66. The Labute approximate surface area is 125 Å². The molecular weight excluding hydrogens is 260 g/mol. The fraction of sp³-hybridized carbons (Fsp3) is 0.333. The van der Waals surface area contributed by atoms with Crippen LogP contribution in [0.4, 0.5) is 5.69 Å². The molecule has 1 aliphatic heterocycles. The van der Waals surface area contributed by atoms with Gasteiger partial charge in [-0.15, -0.1) is 0 Å². The predicted octanol–water partition coefficient (Wildman–Crippen LogP) is 4.41. The van der Waals surface area contributed by atoms with Gasteiger partial charge in [-0.05, 0) is 48.2 Å². The monoisotopic (exact) mass is 280 g/mol. The Balaban J connectivity index is 2.09. The zero-order valence-electron chi connectivity index (χ0n) is 12.8. The molecule has 1 aromatic carbocycles. The number of rotatable bonds is 2. The molecule has 0 N–H and O–H groups in total. The zero-order valence-corrected chi connectivity index (χ0v) is 12.8. The van der Waals surface area contributed by atoms with E-state index in [1.54, 1.807) is 0 Å². The summed E-state index contributed by atoms with van der Waals surface area (Å²) in [7, 11) is 0. The maximum absolute atomic E-state index is 5.71. The van der Waals surface area contributed by atoms with E-state index in [-0.39, 0.29) is 0 Å². The van der Waals surface area contributed by atoms with Gasteiger partial charge < -0.3 is 4.74 Å². The van der Waals surface area contributed by atoms with E-state index in [9.17, 15) is 0 Å². The number of ether oxygens (including phenoxy) is 1. The first kappa shape index (κ1) is 14.0. The van der Waals surface area contributed by atoms with Gasteiger partial charge in [0, 0.05) is 30.1 Å². The lowest BCUT2D eigenvalue weighted by Gasteiger charge is -2.24. The van der Waals surface area contributed by atoms with Crippen LogP contribution in [-0.2, 0) is 11.3 Å². The highest BCUT2D eigenvalue weighted by Gasteiger charge is 2.20. The van der Waals surface area contributed by atoms with Crippen LogP contribution in [0, 0.1) is 6.92 Å². The highest BCUT2D eigenvalue weighted by atomic mass is 16.5. The molecule has 0 spiro atoms. The lowest BCUT2D eigenvalue weighted by molar-refractivity contribution is 0.0953. The average molecular weight is 280 g/mol. The minimum atomic E-state index is 0.409. The van der Waals surface area contributed by atoms with Gasteiger partial charge in [-0.1, -0.05) is 13.0 Å². The molecular formula is C18H20N2O. The van der Waals surface area contributed by atoms with E-state index in [4.69, 9.17) is 4.74 Å². The fourth-order valence-electron chi connectivity index (χ4n) is 2.87. The molecule has 3 nitrogen and oxygen atoms in total. The Bertz CT molecular complexity index is 692. The van der Waals surface area contributed by atoms with Crippen molar-refractivity contribution >= 4 is 11.9 Å². The Morgan fingerprint density at radius 3 is 2.95 bits per heavy atom. The third kappa shape index (κ3) is 2.61. The van der Waals surface area contributed by atoms with Gasteiger partial charge in [-0.25, -0.2) is 0 Å². The summed E-state index contributed by atoms with van der Waals surface area (Å²) >= 11 is 0. The third-order valence-electron chi connectivity index (χ3n) is 4.01. The van der Waals surface area contributed by atoms with Crippen LogP contribution in [0.25, 0.3) is 11.1 Å². The number of aromatic nitrogens is 1. The largest absolute Gasteiger partial charge is 0.376 e. The molecule has 0 radical (unpaired) electrons. The lowest BCUT2D eigenvalue weighted by Crippen LogP contribution is -2.15. The van der Waals surface area contributed by atoms with Crippen molar-refractivity contribution in [1.29, 1.82) is 0 Å². The van der Waals surface area contributed by atoms with Gasteiger partial charge in [0.1, 0.15) is 0 Å². The molecule has 2 heterocycles. The van der Waals surface area contributed by atoms with E-state index in [0.29, 0.717) is 12.5 Å². The molecule has 0 fully saturated rings. The Morgan fingerprint density at radius 1 is 1.33 bits per heavy atom. The van der Waals surface area contributed by atoms with Crippen LogP contribution in [0.5, 0.6) is 0 Å². The van der Waals surface area contributed by atoms with Crippen LogP contribution in [0.15, 0.2) is 35.6 Å². The van der Waals surface area contributed by atoms with Gasteiger partial charge in [-0.3, -0.25) is 9.98 Å². The molecule has 3 rings (SSSR count). The number of fused-ring (bicyclic) bond motifs is 1. The van der Waals surface area contributed by atoms with E-state index in [0.717, 1.165) is 12.3 Å². The minimum Gasteiger partial charge on any atom is -0.376 e. The second-order valence-corrected chi connectivity index (χ2v) is 5.56. The van der Waals surface area contributed by atoms with Crippen molar-refractivity contribution in [3.8, 4) is 11.1 Å². The van der Waals surface area contributed by atoms with Crippen molar-refractivity contribution in [1.82, 2.24) is 4.98 Å². The number of benzene rings is 1. The molecule has 0 bridgehead atoms. The molecule has 1 atom stereocenters. The van der Waals surface area contributed by atoms with Crippen molar-refractivity contribution in [2.75, 3.05) is 6.61 Å². The van der Waals surface area contributed by atoms with E-state index >= 15 is 0 Å². The van der Waals surface area contributed by atoms with Gasteiger partial charge >= 0.3 is 0 Å². The number of nitrogens with zero attached hydrogens (tertiary/aromatic N) is 2. The molecule has 0 saturated heterocycles. The van der Waals surface area contributed by atoms with Crippen molar-refractivity contribution in [3.63, 3.8) is 0 Å². The molecule has 3 heteroatoms. The molecule has 0 amide bonds. The summed E-state index contributed by atoms with van der Waals surface area (Å²) in [6, 6.07) is 6.36.